The van der Waals surface area contributed by atoms with Crippen LogP contribution in [0, 0.1) is 0 Å². The molecular weight excluding hydrogens is 280 g/mol. The summed E-state index contributed by atoms with van der Waals surface area (Å²) in [4.78, 5) is 35.9. The van der Waals surface area contributed by atoms with Gasteiger partial charge in [-0.1, -0.05) is 13.3 Å². The van der Waals surface area contributed by atoms with E-state index in [1.807, 2.05) is 6.92 Å². The second-order valence-electron chi connectivity index (χ2n) is 5.00. The number of nitrogens with zero attached hydrogens (tertiary/aromatic N) is 1. The first-order valence-electron chi connectivity index (χ1n) is 6.84. The lowest BCUT2D eigenvalue weighted by Gasteiger charge is -2.34. The minimum atomic E-state index is -1.03. The second kappa shape index (κ2) is 7.52. The zero-order chi connectivity index (χ0) is 15.2. The van der Waals surface area contributed by atoms with E-state index < -0.39 is 17.4 Å². The molecule has 1 aliphatic rings. The highest BCUT2D eigenvalue weighted by Crippen LogP contribution is 2.34. The van der Waals surface area contributed by atoms with Gasteiger partial charge < -0.3 is 15.7 Å². The fraction of sp³-hybridized carbons (Fsp3) is 0.769. The molecule has 0 aromatic heterocycles. The Morgan fingerprint density at radius 2 is 2.10 bits per heavy atom. The highest BCUT2D eigenvalue weighted by Gasteiger charge is 2.48. The minimum Gasteiger partial charge on any atom is -0.479 e. The van der Waals surface area contributed by atoms with Crippen molar-refractivity contribution in [3.8, 4) is 0 Å². The Morgan fingerprint density at radius 1 is 1.40 bits per heavy atom. The number of carboxylic acids is 1. The predicted octanol–water partition coefficient (Wildman–Crippen LogP) is 0.841. The third-order valence-electron chi connectivity index (χ3n) is 3.56. The van der Waals surface area contributed by atoms with Gasteiger partial charge in [0.15, 0.2) is 0 Å². The number of rotatable bonds is 8. The lowest BCUT2D eigenvalue weighted by molar-refractivity contribution is -0.157. The van der Waals surface area contributed by atoms with Gasteiger partial charge in [-0.3, -0.25) is 9.59 Å². The third-order valence-corrected chi connectivity index (χ3v) is 4.54. The van der Waals surface area contributed by atoms with E-state index in [-0.39, 0.29) is 18.1 Å². The molecule has 0 aromatic carbocycles. The number of aliphatic carboxylic acids is 1. The van der Waals surface area contributed by atoms with Gasteiger partial charge in [-0.25, -0.2) is 4.79 Å². The Labute approximate surface area is 123 Å². The van der Waals surface area contributed by atoms with E-state index in [9.17, 15) is 19.5 Å². The molecule has 0 aromatic rings. The van der Waals surface area contributed by atoms with Crippen molar-refractivity contribution in [3.05, 3.63) is 0 Å². The van der Waals surface area contributed by atoms with Crippen molar-refractivity contribution >= 4 is 29.5 Å². The molecule has 1 fully saturated rings. The minimum absolute atomic E-state index is 0.143. The van der Waals surface area contributed by atoms with Crippen molar-refractivity contribution in [2.45, 2.75) is 44.6 Å². The van der Waals surface area contributed by atoms with Crippen LogP contribution in [0.15, 0.2) is 0 Å². The normalized spacial score (nSPS) is 21.9. The highest BCUT2D eigenvalue weighted by molar-refractivity contribution is 7.99. The summed E-state index contributed by atoms with van der Waals surface area (Å²) in [5, 5.41) is 9.50. The monoisotopic (exact) mass is 302 g/mol. The number of primary amides is 1. The maximum atomic E-state index is 12.2. The summed E-state index contributed by atoms with van der Waals surface area (Å²) in [5.41, 5.74) is 3.99. The van der Waals surface area contributed by atoms with Crippen LogP contribution in [0.3, 0.4) is 0 Å². The first-order chi connectivity index (χ1) is 9.44. The molecule has 2 amide bonds. The van der Waals surface area contributed by atoms with Crippen LogP contribution in [0.25, 0.3) is 0 Å². The molecule has 1 unspecified atom stereocenters. The van der Waals surface area contributed by atoms with Crippen molar-refractivity contribution < 1.29 is 19.5 Å². The number of carbonyl (C=O) groups excluding carboxylic acids is 2. The molecule has 0 spiro atoms. The van der Waals surface area contributed by atoms with E-state index in [0.29, 0.717) is 25.1 Å². The van der Waals surface area contributed by atoms with Crippen molar-refractivity contribution in [3.63, 3.8) is 0 Å². The number of likely N-dealkylation sites (tertiary alicyclic amines) is 1. The van der Waals surface area contributed by atoms with E-state index in [2.05, 4.69) is 0 Å². The lowest BCUT2D eigenvalue weighted by atomic mass is 9.90. The molecule has 7 heteroatoms. The summed E-state index contributed by atoms with van der Waals surface area (Å²) in [6.07, 6.45) is 2.72. The maximum Gasteiger partial charge on any atom is 0.329 e. The molecule has 6 nitrogen and oxygen atoms in total. The summed E-state index contributed by atoms with van der Waals surface area (Å²) >= 11 is 1.30. The van der Waals surface area contributed by atoms with Crippen molar-refractivity contribution in [2.75, 3.05) is 18.1 Å². The van der Waals surface area contributed by atoms with E-state index in [4.69, 9.17) is 5.73 Å². The SMILES string of the molecule is CCCC1(C(=O)O)CCCN1C(=O)CCSCC(N)=O. The fourth-order valence-corrected chi connectivity index (χ4v) is 3.38. The maximum absolute atomic E-state index is 12.2. The molecule has 0 saturated carbocycles. The lowest BCUT2D eigenvalue weighted by Crippen LogP contribution is -2.53. The largest absolute Gasteiger partial charge is 0.479 e. The summed E-state index contributed by atoms with van der Waals surface area (Å²) in [5.74, 6) is -0.785. The van der Waals surface area contributed by atoms with Gasteiger partial charge in [0.25, 0.3) is 0 Å². The molecule has 1 rings (SSSR count). The Morgan fingerprint density at radius 3 is 2.65 bits per heavy atom. The fourth-order valence-electron chi connectivity index (χ4n) is 2.71. The van der Waals surface area contributed by atoms with Crippen LogP contribution in [0.4, 0.5) is 0 Å². The number of hydrogen-bond acceptors (Lipinski definition) is 4. The van der Waals surface area contributed by atoms with Crippen molar-refractivity contribution in [1.82, 2.24) is 4.90 Å². The number of amides is 2. The molecule has 114 valence electrons. The number of nitrogens with two attached hydrogens (primary N) is 1. The average Bonchev–Trinajstić information content (AvgIpc) is 2.79. The van der Waals surface area contributed by atoms with Crippen LogP contribution in [-0.4, -0.2) is 51.4 Å². The zero-order valence-electron chi connectivity index (χ0n) is 11.8. The molecule has 0 radical (unpaired) electrons. The average molecular weight is 302 g/mol. The first-order valence-corrected chi connectivity index (χ1v) is 7.99. The molecule has 3 N–H and O–H groups in total. The summed E-state index contributed by atoms with van der Waals surface area (Å²) < 4.78 is 0. The van der Waals surface area contributed by atoms with Crippen LogP contribution in [0.5, 0.6) is 0 Å². The van der Waals surface area contributed by atoms with Crippen molar-refractivity contribution in [2.24, 2.45) is 5.73 Å². The topological polar surface area (TPSA) is 101 Å². The van der Waals surface area contributed by atoms with Gasteiger partial charge in [0.2, 0.25) is 11.8 Å². The standard InChI is InChI=1S/C13H22N2O4S/c1-2-5-13(12(18)19)6-3-7-15(13)11(17)4-8-20-9-10(14)16/h2-9H2,1H3,(H2,14,16)(H,18,19). The van der Waals surface area contributed by atoms with Gasteiger partial charge in [0, 0.05) is 18.7 Å². The molecule has 1 aliphatic heterocycles. The summed E-state index contributed by atoms with van der Waals surface area (Å²) in [7, 11) is 0. The van der Waals surface area contributed by atoms with Gasteiger partial charge in [-0.15, -0.1) is 0 Å². The number of carboxylic acid groups (broad SMARTS) is 1. The summed E-state index contributed by atoms with van der Waals surface area (Å²) in [6.45, 7) is 2.43. The van der Waals surface area contributed by atoms with Crippen LogP contribution >= 0.6 is 11.8 Å². The highest BCUT2D eigenvalue weighted by atomic mass is 32.2. The number of carbonyl (C=O) groups is 3. The van der Waals surface area contributed by atoms with Gasteiger partial charge in [0.1, 0.15) is 5.54 Å². The van der Waals surface area contributed by atoms with Crippen LogP contribution in [-0.2, 0) is 14.4 Å². The molecule has 1 saturated heterocycles. The molecule has 0 bridgehead atoms. The Hall–Kier alpha value is -1.24. The molecular formula is C13H22N2O4S. The van der Waals surface area contributed by atoms with Crippen LogP contribution < -0.4 is 5.73 Å². The van der Waals surface area contributed by atoms with E-state index in [1.54, 1.807) is 0 Å². The van der Waals surface area contributed by atoms with Gasteiger partial charge in [0.05, 0.1) is 5.75 Å². The predicted molar refractivity (Wildman–Crippen MR) is 77.4 cm³/mol. The van der Waals surface area contributed by atoms with E-state index in [1.165, 1.54) is 16.7 Å². The quantitative estimate of drug-likeness (QED) is 0.647. The molecule has 0 aliphatic carbocycles. The molecule has 1 atom stereocenters. The van der Waals surface area contributed by atoms with Crippen molar-refractivity contribution in [1.29, 1.82) is 0 Å². The van der Waals surface area contributed by atoms with Gasteiger partial charge >= 0.3 is 5.97 Å². The molecule has 1 heterocycles. The van der Waals surface area contributed by atoms with E-state index in [0.717, 1.165) is 12.8 Å². The first kappa shape index (κ1) is 16.8. The Bertz CT molecular complexity index is 389. The van der Waals surface area contributed by atoms with Crippen LogP contribution in [0.2, 0.25) is 0 Å². The smallest absolute Gasteiger partial charge is 0.329 e. The van der Waals surface area contributed by atoms with E-state index >= 15 is 0 Å². The van der Waals surface area contributed by atoms with Gasteiger partial charge in [-0.2, -0.15) is 11.8 Å². The number of hydrogen-bond donors (Lipinski definition) is 2. The third kappa shape index (κ3) is 3.88. The second-order valence-corrected chi connectivity index (χ2v) is 6.11. The van der Waals surface area contributed by atoms with Gasteiger partial charge in [-0.05, 0) is 19.3 Å². The zero-order valence-corrected chi connectivity index (χ0v) is 12.6. The Balaban J connectivity index is 2.60. The number of thioether (sulfide) groups is 1. The van der Waals surface area contributed by atoms with Crippen LogP contribution in [0.1, 0.15) is 39.0 Å². The Kier molecular flexibility index (Phi) is 6.32. The summed E-state index contributed by atoms with van der Waals surface area (Å²) in [6, 6.07) is 0. The molecule has 20 heavy (non-hydrogen) atoms.